The van der Waals surface area contributed by atoms with Gasteiger partial charge in [0.1, 0.15) is 34.5 Å². The second kappa shape index (κ2) is 9.99. The molecule has 0 aromatic carbocycles. The Kier molecular flexibility index (Phi) is 6.87. The maximum atomic E-state index is 13.9. The van der Waals surface area contributed by atoms with Crippen LogP contribution < -0.4 is 10.3 Å². The summed E-state index contributed by atoms with van der Waals surface area (Å²) in [6, 6.07) is 3.66. The fourth-order valence-electron chi connectivity index (χ4n) is 4.57. The first kappa shape index (κ1) is 26.1. The number of halogens is 3. The number of aliphatic imine (C=N–C) groups is 1. The van der Waals surface area contributed by atoms with Crippen LogP contribution in [0.15, 0.2) is 46.0 Å². The van der Waals surface area contributed by atoms with Crippen molar-refractivity contribution in [3.8, 4) is 5.75 Å². The number of rotatable bonds is 7. The van der Waals surface area contributed by atoms with Crippen molar-refractivity contribution in [3.63, 3.8) is 0 Å². The molecule has 3 aromatic heterocycles. The number of pyridine rings is 2. The van der Waals surface area contributed by atoms with Gasteiger partial charge >= 0.3 is 0 Å². The Morgan fingerprint density at radius 3 is 2.71 bits per heavy atom. The molecule has 2 atom stereocenters. The first-order valence-corrected chi connectivity index (χ1v) is 12.6. The zero-order valence-electron chi connectivity index (χ0n) is 21.1. The van der Waals surface area contributed by atoms with Crippen LogP contribution in [0.5, 0.6) is 5.75 Å². The van der Waals surface area contributed by atoms with Crippen LogP contribution in [0.2, 0.25) is 5.02 Å². The van der Waals surface area contributed by atoms with Crippen molar-refractivity contribution in [1.29, 1.82) is 0 Å². The SMILES string of the molecule is CC1=C(n2c(C)cc(OCc3ncc(F)cc3F)c(Cl)c2=O)CC(c2ccnc([C@](C)(O)C3CC3)n2)N=C1. The highest BCUT2D eigenvalue weighted by Gasteiger charge is 2.43. The van der Waals surface area contributed by atoms with Gasteiger partial charge in [0.25, 0.3) is 5.56 Å². The van der Waals surface area contributed by atoms with Gasteiger partial charge in [-0.3, -0.25) is 19.3 Å². The number of hydrogen-bond acceptors (Lipinski definition) is 7. The van der Waals surface area contributed by atoms with Crippen LogP contribution in [-0.4, -0.2) is 30.8 Å². The summed E-state index contributed by atoms with van der Waals surface area (Å²) < 4.78 is 34.2. The number of hydrogen-bond donors (Lipinski definition) is 1. The smallest absolute Gasteiger partial charge is 0.277 e. The van der Waals surface area contributed by atoms with Crippen molar-refractivity contribution in [2.75, 3.05) is 0 Å². The second-order valence-electron chi connectivity index (χ2n) is 9.83. The van der Waals surface area contributed by atoms with Gasteiger partial charge in [-0.15, -0.1) is 0 Å². The average Bonchev–Trinajstić information content (AvgIpc) is 3.74. The zero-order valence-corrected chi connectivity index (χ0v) is 21.8. The third-order valence-electron chi connectivity index (χ3n) is 6.95. The molecule has 1 N–H and O–H groups in total. The molecule has 1 fully saturated rings. The maximum Gasteiger partial charge on any atom is 0.277 e. The van der Waals surface area contributed by atoms with Crippen molar-refractivity contribution in [3.05, 3.63) is 86.1 Å². The number of dihydropyridines is 1. The van der Waals surface area contributed by atoms with Gasteiger partial charge in [0.05, 0.1) is 17.9 Å². The van der Waals surface area contributed by atoms with Gasteiger partial charge < -0.3 is 9.84 Å². The van der Waals surface area contributed by atoms with Gasteiger partial charge in [0, 0.05) is 42.4 Å². The Morgan fingerprint density at radius 2 is 2.00 bits per heavy atom. The molecule has 1 saturated carbocycles. The summed E-state index contributed by atoms with van der Waals surface area (Å²) in [7, 11) is 0. The van der Waals surface area contributed by atoms with Crippen molar-refractivity contribution in [1.82, 2.24) is 19.5 Å². The Bertz CT molecular complexity index is 1530. The third kappa shape index (κ3) is 4.98. The fraction of sp³-hybridized carbons (Fsp3) is 0.370. The lowest BCUT2D eigenvalue weighted by Gasteiger charge is -2.25. The van der Waals surface area contributed by atoms with Crippen molar-refractivity contribution in [2.24, 2.45) is 10.9 Å². The van der Waals surface area contributed by atoms with Crippen molar-refractivity contribution in [2.45, 2.75) is 58.3 Å². The van der Waals surface area contributed by atoms with E-state index < -0.39 is 22.8 Å². The summed E-state index contributed by atoms with van der Waals surface area (Å²) in [5.74, 6) is -1.08. The van der Waals surface area contributed by atoms with E-state index in [0.717, 1.165) is 24.6 Å². The standard InChI is InChI=1S/C27H26ClF2N5O3/c1-14-11-32-20(19-6-7-31-26(34-19)27(3,37)16-4-5-16)10-22(14)35-15(2)8-23(24(28)25(35)36)38-13-21-18(30)9-17(29)12-33-21/h6-9,11-12,16,20,37H,4-5,10,13H2,1-3H3/t20?,27-/m1/s1. The van der Waals surface area contributed by atoms with Crippen LogP contribution in [-0.2, 0) is 12.2 Å². The molecule has 38 heavy (non-hydrogen) atoms. The lowest BCUT2D eigenvalue weighted by atomic mass is 9.98. The lowest BCUT2D eigenvalue weighted by molar-refractivity contribution is 0.0236. The number of aryl methyl sites for hydroxylation is 1. The summed E-state index contributed by atoms with van der Waals surface area (Å²) in [6.45, 7) is 4.99. The number of nitrogens with zero attached hydrogens (tertiary/aromatic N) is 5. The minimum atomic E-state index is -1.10. The molecule has 8 nitrogen and oxygen atoms in total. The molecule has 0 bridgehead atoms. The fourth-order valence-corrected chi connectivity index (χ4v) is 4.76. The van der Waals surface area contributed by atoms with Gasteiger partial charge in [0.15, 0.2) is 11.6 Å². The van der Waals surface area contributed by atoms with Crippen LogP contribution in [0.1, 0.15) is 62.1 Å². The number of allylic oxidation sites excluding steroid dienone is 1. The topological polar surface area (TPSA) is 102 Å². The Balaban J connectivity index is 1.41. The summed E-state index contributed by atoms with van der Waals surface area (Å²) >= 11 is 6.39. The highest BCUT2D eigenvalue weighted by atomic mass is 35.5. The molecule has 11 heteroatoms. The average molecular weight is 542 g/mol. The van der Waals surface area contributed by atoms with Gasteiger partial charge in [-0.05, 0) is 51.2 Å². The predicted molar refractivity (Wildman–Crippen MR) is 138 cm³/mol. The summed E-state index contributed by atoms with van der Waals surface area (Å²) in [5, 5.41) is 10.7. The molecule has 3 aromatic rings. The van der Waals surface area contributed by atoms with E-state index >= 15 is 0 Å². The predicted octanol–water partition coefficient (Wildman–Crippen LogP) is 4.92. The van der Waals surface area contributed by atoms with E-state index in [1.165, 1.54) is 4.57 Å². The Labute approximate surface area is 222 Å². The van der Waals surface area contributed by atoms with Gasteiger partial charge in [-0.25, -0.2) is 18.7 Å². The molecule has 1 unspecified atom stereocenters. The summed E-state index contributed by atoms with van der Waals surface area (Å²) in [4.78, 5) is 30.6. The molecule has 0 radical (unpaired) electrons. The van der Waals surface area contributed by atoms with Crippen LogP contribution >= 0.6 is 11.6 Å². The highest BCUT2D eigenvalue weighted by Crippen LogP contribution is 2.44. The molecule has 1 aliphatic carbocycles. The van der Waals surface area contributed by atoms with Gasteiger partial charge in [-0.2, -0.15) is 0 Å². The number of aliphatic hydroxyl groups is 1. The van der Waals surface area contributed by atoms with Crippen molar-refractivity contribution >= 4 is 23.5 Å². The third-order valence-corrected chi connectivity index (χ3v) is 7.30. The summed E-state index contributed by atoms with van der Waals surface area (Å²) in [6.07, 6.45) is 6.44. The number of ether oxygens (including phenoxy) is 1. The largest absolute Gasteiger partial charge is 0.485 e. The van der Waals surface area contributed by atoms with E-state index in [-0.39, 0.29) is 35.0 Å². The molecule has 5 rings (SSSR count). The molecular weight excluding hydrogens is 516 g/mol. The molecule has 0 spiro atoms. The minimum Gasteiger partial charge on any atom is -0.485 e. The molecular formula is C27H26ClF2N5O3. The molecule has 2 aliphatic rings. The van der Waals surface area contributed by atoms with E-state index in [1.807, 2.05) is 6.92 Å². The monoisotopic (exact) mass is 541 g/mol. The molecule has 0 saturated heterocycles. The first-order valence-electron chi connectivity index (χ1n) is 12.2. The van der Waals surface area contributed by atoms with E-state index in [2.05, 4.69) is 19.9 Å². The maximum absolute atomic E-state index is 13.9. The summed E-state index contributed by atoms with van der Waals surface area (Å²) in [5.41, 5.74) is 0.950. The van der Waals surface area contributed by atoms with Crippen molar-refractivity contribution < 1.29 is 18.6 Å². The number of aromatic nitrogens is 4. The van der Waals surface area contributed by atoms with Crippen LogP contribution in [0.25, 0.3) is 5.70 Å². The molecule has 0 amide bonds. The van der Waals surface area contributed by atoms with E-state index in [0.29, 0.717) is 35.4 Å². The Morgan fingerprint density at radius 1 is 1.24 bits per heavy atom. The Hall–Kier alpha value is -3.50. The lowest BCUT2D eigenvalue weighted by Crippen LogP contribution is -2.28. The second-order valence-corrected chi connectivity index (χ2v) is 10.2. The minimum absolute atomic E-state index is 0.0676. The zero-order chi connectivity index (χ0) is 27.2. The van der Waals surface area contributed by atoms with E-state index in [4.69, 9.17) is 16.3 Å². The first-order chi connectivity index (χ1) is 18.1. The molecule has 1 aliphatic heterocycles. The normalized spacial score (nSPS) is 19.0. The van der Waals surface area contributed by atoms with Crippen LogP contribution in [0.4, 0.5) is 8.78 Å². The van der Waals surface area contributed by atoms with Gasteiger partial charge in [-0.1, -0.05) is 11.6 Å². The van der Waals surface area contributed by atoms with Crippen LogP contribution in [0, 0.1) is 24.5 Å². The highest BCUT2D eigenvalue weighted by molar-refractivity contribution is 6.31. The van der Waals surface area contributed by atoms with E-state index in [9.17, 15) is 18.7 Å². The van der Waals surface area contributed by atoms with Gasteiger partial charge in [0.2, 0.25) is 0 Å². The molecule has 4 heterocycles. The van der Waals surface area contributed by atoms with E-state index in [1.54, 1.807) is 38.4 Å². The molecule has 198 valence electrons. The van der Waals surface area contributed by atoms with Crippen LogP contribution in [0.3, 0.4) is 0 Å². The quantitative estimate of drug-likeness (QED) is 0.455.